The van der Waals surface area contributed by atoms with E-state index in [9.17, 15) is 10.1 Å². The molecule has 11 nitrogen and oxygen atoms in total. The second-order valence-corrected chi connectivity index (χ2v) is 19.6. The average Bonchev–Trinajstić information content (AvgIpc) is 3.35. The van der Waals surface area contributed by atoms with E-state index in [0.29, 0.717) is 26.3 Å². The molecule has 5 rings (SSSR count). The molecule has 13 heteroatoms. The SMILES string of the molecule is CC(Oc1nc(C#N)nc(N2CCOC[C@@](C)(O[Si](c3ccccc3)(c3ccccc3)C(C)(C)C)C2)n1)[C@@H]1[C@H](F)CCN1C(=O)OC(C)(C)C. The van der Waals surface area contributed by atoms with Crippen LogP contribution < -0.4 is 20.0 Å². The van der Waals surface area contributed by atoms with Gasteiger partial charge in [-0.15, -0.1) is 0 Å². The maximum Gasteiger partial charge on any atom is 0.410 e. The third-order valence-corrected chi connectivity index (χ3v) is 14.2. The van der Waals surface area contributed by atoms with Crippen LogP contribution in [0.3, 0.4) is 0 Å². The number of hydrogen-bond donors (Lipinski definition) is 0. The summed E-state index contributed by atoms with van der Waals surface area (Å²) in [5.74, 6) is 0.0675. The van der Waals surface area contributed by atoms with Gasteiger partial charge < -0.3 is 23.5 Å². The zero-order chi connectivity index (χ0) is 36.3. The topological polar surface area (TPSA) is 123 Å². The van der Waals surface area contributed by atoms with Crippen LogP contribution in [-0.2, 0) is 13.9 Å². The number of rotatable bonds is 8. The van der Waals surface area contributed by atoms with Crippen molar-refractivity contribution in [2.45, 2.75) is 96.4 Å². The van der Waals surface area contributed by atoms with Gasteiger partial charge in [0.1, 0.15) is 30.0 Å². The van der Waals surface area contributed by atoms with E-state index in [1.807, 2.05) is 54.3 Å². The van der Waals surface area contributed by atoms with Gasteiger partial charge >= 0.3 is 12.1 Å². The number of halogens is 1. The number of anilines is 1. The maximum atomic E-state index is 15.2. The number of nitriles is 1. The first-order valence-corrected chi connectivity index (χ1v) is 19.1. The van der Waals surface area contributed by atoms with Crippen molar-refractivity contribution < 1.29 is 27.8 Å². The summed E-state index contributed by atoms with van der Waals surface area (Å²) in [6.45, 7) is 17.3. The quantitative estimate of drug-likeness (QED) is 0.295. The lowest BCUT2D eigenvalue weighted by atomic mass is 10.1. The van der Waals surface area contributed by atoms with Gasteiger partial charge in [-0.25, -0.2) is 9.18 Å². The van der Waals surface area contributed by atoms with Crippen LogP contribution in [0.15, 0.2) is 60.7 Å². The summed E-state index contributed by atoms with van der Waals surface area (Å²) < 4.78 is 40.6. The molecular weight excluding hydrogens is 656 g/mol. The molecule has 2 aromatic carbocycles. The molecule has 0 aliphatic carbocycles. The van der Waals surface area contributed by atoms with Gasteiger partial charge in [-0.1, -0.05) is 81.4 Å². The molecular formula is C37H49FN6O5Si. The molecule has 0 spiro atoms. The predicted octanol–water partition coefficient (Wildman–Crippen LogP) is 5.03. The van der Waals surface area contributed by atoms with E-state index in [4.69, 9.17) is 18.6 Å². The number of carbonyl (C=O) groups is 1. The Kier molecular flexibility index (Phi) is 10.9. The summed E-state index contributed by atoms with van der Waals surface area (Å²) in [7, 11) is -2.98. The van der Waals surface area contributed by atoms with Gasteiger partial charge in [0.15, 0.2) is 0 Å². The summed E-state index contributed by atoms with van der Waals surface area (Å²) in [6, 6.07) is 21.8. The number of aromatic nitrogens is 3. The smallest absolute Gasteiger partial charge is 0.410 e. The molecule has 0 radical (unpaired) electrons. The Morgan fingerprint density at radius 3 is 2.20 bits per heavy atom. The molecule has 1 aromatic heterocycles. The van der Waals surface area contributed by atoms with E-state index in [1.54, 1.807) is 27.7 Å². The van der Waals surface area contributed by atoms with Crippen LogP contribution in [0.25, 0.3) is 0 Å². The minimum atomic E-state index is -2.98. The Balaban J connectivity index is 1.46. The molecule has 1 unspecified atom stereocenters. The molecule has 4 atom stereocenters. The van der Waals surface area contributed by atoms with Crippen molar-refractivity contribution in [2.24, 2.45) is 0 Å². The first-order chi connectivity index (χ1) is 23.5. The van der Waals surface area contributed by atoms with Gasteiger partial charge in [-0.05, 0) is 56.5 Å². The zero-order valence-electron chi connectivity index (χ0n) is 30.4. The van der Waals surface area contributed by atoms with E-state index in [-0.39, 0.29) is 35.8 Å². The van der Waals surface area contributed by atoms with E-state index >= 15 is 4.39 Å². The second-order valence-electron chi connectivity index (χ2n) is 15.3. The standard InChI is InChI=1S/C37H49FN6O5Si/c1-26(31-29(38)19-20-44(31)34(45)48-35(2,3)4)47-33-41-30(23-39)40-32(42-33)43-21-22-46-25-37(8,24-43)49-50(36(5,6)7,27-15-11-9-12-16-27)28-17-13-10-14-18-28/h9-18,26,29,31H,19-22,24-25H2,1-8H3/t26?,29-,31-,37+/m1/s1. The third kappa shape index (κ3) is 8.09. The van der Waals surface area contributed by atoms with Crippen LogP contribution in [0, 0.1) is 11.3 Å². The summed E-state index contributed by atoms with van der Waals surface area (Å²) >= 11 is 0. The van der Waals surface area contributed by atoms with E-state index in [0.717, 1.165) is 10.4 Å². The molecule has 2 aliphatic heterocycles. The highest BCUT2D eigenvalue weighted by Crippen LogP contribution is 2.40. The fourth-order valence-electron chi connectivity index (χ4n) is 6.93. The number of ether oxygens (including phenoxy) is 3. The average molecular weight is 705 g/mol. The molecule has 50 heavy (non-hydrogen) atoms. The highest BCUT2D eigenvalue weighted by molar-refractivity contribution is 6.99. The Morgan fingerprint density at radius 2 is 1.64 bits per heavy atom. The van der Waals surface area contributed by atoms with E-state index in [2.05, 4.69) is 60.0 Å². The summed E-state index contributed by atoms with van der Waals surface area (Å²) in [4.78, 5) is 29.5. The van der Waals surface area contributed by atoms with Gasteiger partial charge in [0.2, 0.25) is 11.8 Å². The number of likely N-dealkylation sites (tertiary alicyclic amines) is 1. The maximum absolute atomic E-state index is 15.2. The third-order valence-electron chi connectivity index (χ3n) is 9.02. The van der Waals surface area contributed by atoms with Crippen molar-refractivity contribution in [2.75, 3.05) is 37.7 Å². The van der Waals surface area contributed by atoms with Crippen molar-refractivity contribution in [3.05, 3.63) is 66.5 Å². The molecule has 2 fully saturated rings. The van der Waals surface area contributed by atoms with Crippen LogP contribution in [0.4, 0.5) is 15.1 Å². The Labute approximate surface area is 295 Å². The van der Waals surface area contributed by atoms with Crippen molar-refractivity contribution in [3.63, 3.8) is 0 Å². The lowest BCUT2D eigenvalue weighted by molar-refractivity contribution is -0.000413. The van der Waals surface area contributed by atoms with Gasteiger partial charge in [0, 0.05) is 13.1 Å². The highest BCUT2D eigenvalue weighted by Gasteiger charge is 2.54. The molecule has 0 bridgehead atoms. The minimum absolute atomic E-state index is 0.137. The largest absolute Gasteiger partial charge is 0.458 e. The number of carbonyl (C=O) groups excluding carboxylic acids is 1. The van der Waals surface area contributed by atoms with Crippen LogP contribution >= 0.6 is 0 Å². The predicted molar refractivity (Wildman–Crippen MR) is 191 cm³/mol. The molecule has 1 amide bonds. The van der Waals surface area contributed by atoms with E-state index in [1.165, 1.54) is 4.90 Å². The molecule has 0 saturated carbocycles. The molecule has 0 N–H and O–H groups in total. The summed E-state index contributed by atoms with van der Waals surface area (Å²) in [5.41, 5.74) is -1.56. The zero-order valence-corrected chi connectivity index (χ0v) is 31.4. The van der Waals surface area contributed by atoms with Crippen molar-refractivity contribution in [1.82, 2.24) is 19.9 Å². The molecule has 2 saturated heterocycles. The van der Waals surface area contributed by atoms with Gasteiger partial charge in [0.05, 0.1) is 25.4 Å². The van der Waals surface area contributed by atoms with Crippen molar-refractivity contribution >= 4 is 30.7 Å². The fourth-order valence-corrected chi connectivity index (χ4v) is 11.7. The number of benzene rings is 2. The van der Waals surface area contributed by atoms with E-state index < -0.39 is 43.9 Å². The Hall–Kier alpha value is -4.12. The highest BCUT2D eigenvalue weighted by atomic mass is 28.4. The summed E-state index contributed by atoms with van der Waals surface area (Å²) in [5, 5.41) is 11.9. The number of amides is 1. The van der Waals surface area contributed by atoms with Crippen molar-refractivity contribution in [1.29, 1.82) is 5.26 Å². The lowest BCUT2D eigenvalue weighted by Crippen LogP contribution is -2.70. The Bertz CT molecular complexity index is 1630. The lowest BCUT2D eigenvalue weighted by Gasteiger charge is -2.48. The normalized spacial score (nSPS) is 22.4. The second kappa shape index (κ2) is 14.6. The first kappa shape index (κ1) is 37.1. The molecule has 3 heterocycles. The van der Waals surface area contributed by atoms with Crippen LogP contribution in [-0.4, -0.2) is 96.6 Å². The van der Waals surface area contributed by atoms with Crippen molar-refractivity contribution in [3.8, 4) is 12.1 Å². The monoisotopic (exact) mass is 704 g/mol. The van der Waals surface area contributed by atoms with Gasteiger partial charge in [-0.2, -0.15) is 20.2 Å². The molecule has 2 aliphatic rings. The Morgan fingerprint density at radius 1 is 1.02 bits per heavy atom. The van der Waals surface area contributed by atoms with Crippen LogP contribution in [0.1, 0.15) is 67.6 Å². The van der Waals surface area contributed by atoms with Gasteiger partial charge in [0.25, 0.3) is 8.32 Å². The van der Waals surface area contributed by atoms with Crippen LogP contribution in [0.2, 0.25) is 5.04 Å². The first-order valence-electron chi connectivity index (χ1n) is 17.2. The number of hydrogen-bond acceptors (Lipinski definition) is 10. The molecule has 3 aromatic rings. The number of alkyl halides is 1. The van der Waals surface area contributed by atoms with Crippen LogP contribution in [0.5, 0.6) is 6.01 Å². The number of nitrogens with zero attached hydrogens (tertiary/aromatic N) is 6. The van der Waals surface area contributed by atoms with Gasteiger partial charge in [-0.3, -0.25) is 4.90 Å². The molecule has 268 valence electrons. The minimum Gasteiger partial charge on any atom is -0.458 e. The summed E-state index contributed by atoms with van der Waals surface area (Å²) in [6.07, 6.45) is -2.65. The fraction of sp³-hybridized carbons (Fsp3) is 0.541.